The van der Waals surface area contributed by atoms with Gasteiger partial charge in [-0.05, 0) is 68.8 Å². The van der Waals surface area contributed by atoms with Crippen molar-refractivity contribution in [3.8, 4) is 0 Å². The number of methoxy groups -OCH3 is 1. The van der Waals surface area contributed by atoms with E-state index in [4.69, 9.17) is 26.4 Å². The second-order valence-electron chi connectivity index (χ2n) is 9.00. The zero-order valence-electron chi connectivity index (χ0n) is 21.6. The van der Waals surface area contributed by atoms with Crippen LogP contribution in [0.3, 0.4) is 0 Å². The molecule has 3 atom stereocenters. The summed E-state index contributed by atoms with van der Waals surface area (Å²) in [6, 6.07) is 2.34. The Hall–Kier alpha value is -2.86. The molecule has 1 fully saturated rings. The zero-order chi connectivity index (χ0) is 27.5. The van der Waals surface area contributed by atoms with E-state index in [1.54, 1.807) is 6.92 Å². The first kappa shape index (κ1) is 30.4. The summed E-state index contributed by atoms with van der Waals surface area (Å²) in [7, 11) is 1.44. The third-order valence-electron chi connectivity index (χ3n) is 6.06. The van der Waals surface area contributed by atoms with Crippen molar-refractivity contribution in [2.75, 3.05) is 38.3 Å². The standard InChI is InChI=1S/C25H35F2N3O6S/c1-5-35-24(33)29-23(32)22-7-6-17(8-9-36-22)10-19-20(26)11-18(12-21(19)27)30(16(3)31)14-15(2)13-28-25(37)34-4/h11-12,15,17,22H,5-10,13-14H2,1-4H3,(H,28,37)(H,29,32,33). The van der Waals surface area contributed by atoms with Crippen LogP contribution in [-0.4, -0.2) is 62.6 Å². The lowest BCUT2D eigenvalue weighted by atomic mass is 9.91. The summed E-state index contributed by atoms with van der Waals surface area (Å²) in [5.74, 6) is -2.64. The van der Waals surface area contributed by atoms with Crippen molar-refractivity contribution in [2.24, 2.45) is 11.8 Å². The smallest absolute Gasteiger partial charge is 0.413 e. The lowest BCUT2D eigenvalue weighted by Gasteiger charge is -2.26. The van der Waals surface area contributed by atoms with Gasteiger partial charge in [0, 0.05) is 37.9 Å². The predicted octanol–water partition coefficient (Wildman–Crippen LogP) is 3.48. The molecule has 2 N–H and O–H groups in total. The summed E-state index contributed by atoms with van der Waals surface area (Å²) in [5.41, 5.74) is 0.0548. The summed E-state index contributed by atoms with van der Waals surface area (Å²) in [4.78, 5) is 37.3. The summed E-state index contributed by atoms with van der Waals surface area (Å²) >= 11 is 4.94. The highest BCUT2D eigenvalue weighted by Crippen LogP contribution is 2.29. The molecule has 0 bridgehead atoms. The van der Waals surface area contributed by atoms with E-state index in [-0.39, 0.29) is 60.3 Å². The molecule has 0 radical (unpaired) electrons. The van der Waals surface area contributed by atoms with Crippen LogP contribution >= 0.6 is 12.2 Å². The Bertz CT molecular complexity index is 957. The highest BCUT2D eigenvalue weighted by Gasteiger charge is 2.28. The number of carbonyl (C=O) groups is 3. The number of anilines is 1. The van der Waals surface area contributed by atoms with Crippen LogP contribution in [-0.2, 0) is 30.2 Å². The molecule has 37 heavy (non-hydrogen) atoms. The highest BCUT2D eigenvalue weighted by atomic mass is 32.1. The van der Waals surface area contributed by atoms with E-state index in [9.17, 15) is 14.4 Å². The lowest BCUT2D eigenvalue weighted by molar-refractivity contribution is -0.132. The molecule has 12 heteroatoms. The summed E-state index contributed by atoms with van der Waals surface area (Å²) in [6.07, 6.45) is -0.294. The van der Waals surface area contributed by atoms with Gasteiger partial charge in [-0.25, -0.2) is 13.6 Å². The number of benzene rings is 1. The number of hydrogen-bond donors (Lipinski definition) is 2. The number of halogens is 2. The van der Waals surface area contributed by atoms with Crippen molar-refractivity contribution in [3.05, 3.63) is 29.3 Å². The molecule has 0 aliphatic carbocycles. The molecule has 1 heterocycles. The number of rotatable bonds is 9. The number of carbonyl (C=O) groups excluding carboxylic acids is 3. The normalized spacial score (nSPS) is 18.2. The topological polar surface area (TPSA) is 106 Å². The number of amides is 3. The number of ether oxygens (including phenoxy) is 3. The first-order valence-electron chi connectivity index (χ1n) is 12.2. The average Bonchev–Trinajstić information content (AvgIpc) is 3.08. The molecule has 9 nitrogen and oxygen atoms in total. The Morgan fingerprint density at radius 3 is 2.49 bits per heavy atom. The fourth-order valence-corrected chi connectivity index (χ4v) is 4.19. The Morgan fingerprint density at radius 1 is 1.22 bits per heavy atom. The van der Waals surface area contributed by atoms with Crippen molar-refractivity contribution in [1.82, 2.24) is 10.6 Å². The van der Waals surface area contributed by atoms with Crippen LogP contribution in [0.2, 0.25) is 0 Å². The molecular formula is C25H35F2N3O6S. The monoisotopic (exact) mass is 543 g/mol. The van der Waals surface area contributed by atoms with E-state index in [0.717, 1.165) is 0 Å². The summed E-state index contributed by atoms with van der Waals surface area (Å²) in [6.45, 7) is 5.82. The van der Waals surface area contributed by atoms with E-state index in [2.05, 4.69) is 10.6 Å². The number of hydrogen-bond acceptors (Lipinski definition) is 7. The SMILES string of the molecule is CCOC(=O)NC(=O)C1CCC(Cc2c(F)cc(N(CC(C)CNC(=S)OC)C(C)=O)cc2F)CCO1. The van der Waals surface area contributed by atoms with Gasteiger partial charge in [-0.1, -0.05) is 6.92 Å². The molecule has 3 unspecified atom stereocenters. The molecule has 206 valence electrons. The van der Waals surface area contributed by atoms with Gasteiger partial charge in [0.25, 0.3) is 11.1 Å². The molecule has 0 spiro atoms. The zero-order valence-corrected chi connectivity index (χ0v) is 22.4. The molecule has 1 saturated heterocycles. The second kappa shape index (κ2) is 14.8. The van der Waals surface area contributed by atoms with Crippen molar-refractivity contribution in [2.45, 2.75) is 52.6 Å². The maximum atomic E-state index is 15.1. The van der Waals surface area contributed by atoms with Crippen LogP contribution in [0, 0.1) is 23.5 Å². The number of thiocarbonyl (C=S) groups is 1. The van der Waals surface area contributed by atoms with Gasteiger partial charge in [0.2, 0.25) is 5.91 Å². The molecule has 1 aromatic carbocycles. The number of alkyl carbamates (subject to hydrolysis) is 1. The van der Waals surface area contributed by atoms with Crippen LogP contribution < -0.4 is 15.5 Å². The lowest BCUT2D eigenvalue weighted by Crippen LogP contribution is -2.40. The van der Waals surface area contributed by atoms with Crippen molar-refractivity contribution >= 4 is 41.0 Å². The quantitative estimate of drug-likeness (QED) is 0.456. The maximum absolute atomic E-state index is 15.1. The van der Waals surface area contributed by atoms with E-state index >= 15 is 8.78 Å². The Balaban J connectivity index is 2.05. The molecule has 0 saturated carbocycles. The third-order valence-corrected chi connectivity index (χ3v) is 6.37. The predicted molar refractivity (Wildman–Crippen MR) is 137 cm³/mol. The van der Waals surface area contributed by atoms with Gasteiger partial charge in [0.1, 0.15) is 17.7 Å². The average molecular weight is 544 g/mol. The maximum Gasteiger partial charge on any atom is 0.413 e. The van der Waals surface area contributed by atoms with Crippen molar-refractivity contribution in [1.29, 1.82) is 0 Å². The summed E-state index contributed by atoms with van der Waals surface area (Å²) < 4.78 is 45.3. The van der Waals surface area contributed by atoms with Crippen molar-refractivity contribution in [3.63, 3.8) is 0 Å². The van der Waals surface area contributed by atoms with Crippen LogP contribution in [0.5, 0.6) is 0 Å². The van der Waals surface area contributed by atoms with Gasteiger partial charge >= 0.3 is 6.09 Å². The van der Waals surface area contributed by atoms with E-state index < -0.39 is 29.7 Å². The second-order valence-corrected chi connectivity index (χ2v) is 9.37. The van der Waals surface area contributed by atoms with E-state index in [1.165, 1.54) is 31.1 Å². The minimum Gasteiger partial charge on any atom is -0.474 e. The van der Waals surface area contributed by atoms with Gasteiger partial charge in [-0.15, -0.1) is 0 Å². The minimum atomic E-state index is -0.843. The minimum absolute atomic E-state index is 0.0770. The van der Waals surface area contributed by atoms with Gasteiger partial charge in [-0.2, -0.15) is 0 Å². The van der Waals surface area contributed by atoms with Crippen LogP contribution in [0.1, 0.15) is 45.6 Å². The molecule has 1 aliphatic heterocycles. The van der Waals surface area contributed by atoms with Crippen LogP contribution in [0.25, 0.3) is 0 Å². The molecule has 3 amide bonds. The molecular weight excluding hydrogens is 508 g/mol. The van der Waals surface area contributed by atoms with Gasteiger partial charge in [0.15, 0.2) is 0 Å². The molecule has 1 aliphatic rings. The van der Waals surface area contributed by atoms with Crippen LogP contribution in [0.15, 0.2) is 12.1 Å². The molecule has 0 aromatic heterocycles. The van der Waals surface area contributed by atoms with Gasteiger partial charge < -0.3 is 24.4 Å². The molecule has 1 aromatic rings. The number of nitrogens with one attached hydrogen (secondary N) is 2. The number of imide groups is 1. The fourth-order valence-electron chi connectivity index (χ4n) is 4.10. The Kier molecular flexibility index (Phi) is 12.1. The fraction of sp³-hybridized carbons (Fsp3) is 0.600. The van der Waals surface area contributed by atoms with Gasteiger partial charge in [-0.3, -0.25) is 14.9 Å². The Labute approximate surface area is 221 Å². The first-order valence-corrected chi connectivity index (χ1v) is 12.6. The largest absolute Gasteiger partial charge is 0.474 e. The Morgan fingerprint density at radius 2 is 1.89 bits per heavy atom. The van der Waals surface area contributed by atoms with E-state index in [0.29, 0.717) is 25.8 Å². The van der Waals surface area contributed by atoms with Crippen molar-refractivity contribution < 1.29 is 37.4 Å². The van der Waals surface area contributed by atoms with E-state index in [1.807, 2.05) is 6.92 Å². The van der Waals surface area contributed by atoms with Crippen LogP contribution in [0.4, 0.5) is 19.3 Å². The molecule has 2 rings (SSSR count). The first-order chi connectivity index (χ1) is 17.5. The summed E-state index contributed by atoms with van der Waals surface area (Å²) in [5, 5.41) is 5.24. The van der Waals surface area contributed by atoms with Gasteiger partial charge in [0.05, 0.1) is 13.7 Å². The third kappa shape index (κ3) is 9.51. The number of nitrogens with zero attached hydrogens (tertiary/aromatic N) is 1. The highest BCUT2D eigenvalue weighted by molar-refractivity contribution is 7.80.